The van der Waals surface area contributed by atoms with E-state index in [1.54, 1.807) is 0 Å². The molecule has 0 spiro atoms. The van der Waals surface area contributed by atoms with E-state index in [-0.39, 0.29) is 23.7 Å². The second kappa shape index (κ2) is 6.12. The van der Waals surface area contributed by atoms with Crippen LogP contribution in [0.1, 0.15) is 35.8 Å². The van der Waals surface area contributed by atoms with Gasteiger partial charge in [0.25, 0.3) is 5.56 Å². The summed E-state index contributed by atoms with van der Waals surface area (Å²) in [5, 5.41) is 8.79. The molecule has 0 atom stereocenters. The Morgan fingerprint density at radius 1 is 1.31 bits per heavy atom. The van der Waals surface area contributed by atoms with Crippen molar-refractivity contribution in [3.05, 3.63) is 32.1 Å². The van der Waals surface area contributed by atoms with E-state index < -0.39 is 17.2 Å². The Morgan fingerprint density at radius 2 is 1.94 bits per heavy atom. The van der Waals surface area contributed by atoms with E-state index >= 15 is 0 Å². The molecule has 0 amide bonds. The highest BCUT2D eigenvalue weighted by molar-refractivity contribution is 5.86. The number of halogens is 1. The summed E-state index contributed by atoms with van der Waals surface area (Å²) >= 11 is 0. The number of carboxylic acid groups (broad SMARTS) is 1. The van der Waals surface area contributed by atoms with E-state index in [0.717, 1.165) is 6.42 Å². The molecule has 0 aromatic carbocycles. The van der Waals surface area contributed by atoms with Gasteiger partial charge in [0, 0.05) is 5.56 Å². The number of aromatic carboxylic acids is 1. The maximum absolute atomic E-state index is 11.3. The molecule has 0 aliphatic carbocycles. The van der Waals surface area contributed by atoms with Gasteiger partial charge in [-0.2, -0.15) is 0 Å². The minimum Gasteiger partial charge on any atom is -0.477 e. The monoisotopic (exact) mass is 248 g/mol. The molecule has 0 aliphatic rings. The summed E-state index contributed by atoms with van der Waals surface area (Å²) in [6.45, 7) is 1.93. The Kier molecular flexibility index (Phi) is 5.52. The second-order valence-electron chi connectivity index (χ2n) is 3.17. The molecular weight excluding hydrogens is 236 g/mol. The summed E-state index contributed by atoms with van der Waals surface area (Å²) < 4.78 is 0. The van der Waals surface area contributed by atoms with Gasteiger partial charge in [-0.3, -0.25) is 9.78 Å². The topological polar surface area (TPSA) is 103 Å². The van der Waals surface area contributed by atoms with E-state index in [9.17, 15) is 14.4 Å². The number of aromatic amines is 2. The molecule has 1 aromatic rings. The molecular formula is C9H13ClN2O4. The second-order valence-corrected chi connectivity index (χ2v) is 3.17. The third-order valence-electron chi connectivity index (χ3n) is 2.04. The summed E-state index contributed by atoms with van der Waals surface area (Å²) in [6.07, 6.45) is 1.90. The molecule has 0 unspecified atom stereocenters. The van der Waals surface area contributed by atoms with Crippen LogP contribution in [-0.4, -0.2) is 21.0 Å². The summed E-state index contributed by atoms with van der Waals surface area (Å²) in [4.78, 5) is 37.1. The molecule has 0 radical (unpaired) electrons. The molecule has 90 valence electrons. The smallest absolute Gasteiger partial charge is 0.352 e. The summed E-state index contributed by atoms with van der Waals surface area (Å²) in [7, 11) is 0. The first kappa shape index (κ1) is 14.4. The highest BCUT2D eigenvalue weighted by Crippen LogP contribution is 2.03. The van der Waals surface area contributed by atoms with Crippen LogP contribution in [0.15, 0.2) is 9.59 Å². The third kappa shape index (κ3) is 3.23. The van der Waals surface area contributed by atoms with Gasteiger partial charge in [0.2, 0.25) is 0 Å². The fourth-order valence-electron chi connectivity index (χ4n) is 1.29. The molecule has 0 fully saturated rings. The fourth-order valence-corrected chi connectivity index (χ4v) is 1.29. The Hall–Kier alpha value is -1.56. The highest BCUT2D eigenvalue weighted by atomic mass is 35.5. The van der Waals surface area contributed by atoms with E-state index in [1.165, 1.54) is 0 Å². The van der Waals surface area contributed by atoms with Crippen LogP contribution in [0, 0.1) is 0 Å². The minimum atomic E-state index is -1.29. The van der Waals surface area contributed by atoms with Crippen molar-refractivity contribution in [2.24, 2.45) is 0 Å². The van der Waals surface area contributed by atoms with Crippen molar-refractivity contribution < 1.29 is 9.90 Å². The lowest BCUT2D eigenvalue weighted by molar-refractivity contribution is 0.0688. The standard InChI is InChI=1S/C9H12N2O4.ClH/c1-2-3-4-5-6(8(13)14)10-9(15)11-7(5)12;/h2-4H2,1H3,(H,13,14)(H2,10,11,12,15);1H. The number of carbonyl (C=O) groups is 1. The zero-order valence-corrected chi connectivity index (χ0v) is 9.52. The van der Waals surface area contributed by atoms with Crippen molar-refractivity contribution in [3.8, 4) is 0 Å². The molecule has 0 saturated heterocycles. The number of carboxylic acids is 1. The van der Waals surface area contributed by atoms with E-state index in [2.05, 4.69) is 4.98 Å². The number of hydrogen-bond acceptors (Lipinski definition) is 3. The molecule has 3 N–H and O–H groups in total. The summed E-state index contributed by atoms with van der Waals surface area (Å²) in [5.41, 5.74) is -1.59. The Bertz CT molecular complexity index is 477. The maximum Gasteiger partial charge on any atom is 0.352 e. The quantitative estimate of drug-likeness (QED) is 0.723. The van der Waals surface area contributed by atoms with Gasteiger partial charge in [-0.05, 0) is 12.8 Å². The lowest BCUT2D eigenvalue weighted by atomic mass is 10.1. The van der Waals surface area contributed by atoms with Crippen LogP contribution in [0.5, 0.6) is 0 Å². The lowest BCUT2D eigenvalue weighted by Crippen LogP contribution is -2.29. The first-order valence-corrected chi connectivity index (χ1v) is 4.65. The van der Waals surface area contributed by atoms with Crippen molar-refractivity contribution in [1.29, 1.82) is 0 Å². The third-order valence-corrected chi connectivity index (χ3v) is 2.04. The van der Waals surface area contributed by atoms with Gasteiger partial charge in [0.05, 0.1) is 0 Å². The first-order valence-electron chi connectivity index (χ1n) is 4.65. The minimum absolute atomic E-state index is 0. The van der Waals surface area contributed by atoms with Crippen LogP contribution >= 0.6 is 12.4 Å². The Balaban J connectivity index is 0.00000225. The van der Waals surface area contributed by atoms with Crippen LogP contribution in [0.4, 0.5) is 0 Å². The molecule has 1 rings (SSSR count). The van der Waals surface area contributed by atoms with Crippen LogP contribution in [-0.2, 0) is 6.42 Å². The van der Waals surface area contributed by atoms with Gasteiger partial charge in [0.15, 0.2) is 0 Å². The number of rotatable bonds is 4. The molecule has 6 nitrogen and oxygen atoms in total. The van der Waals surface area contributed by atoms with Crippen molar-refractivity contribution >= 4 is 18.4 Å². The number of hydrogen-bond donors (Lipinski definition) is 3. The lowest BCUT2D eigenvalue weighted by Gasteiger charge is -2.02. The van der Waals surface area contributed by atoms with Crippen molar-refractivity contribution in [3.63, 3.8) is 0 Å². The predicted octanol–water partition coefficient (Wildman–Crippen LogP) is 0.526. The zero-order chi connectivity index (χ0) is 11.4. The first-order chi connectivity index (χ1) is 7.06. The molecule has 16 heavy (non-hydrogen) atoms. The van der Waals surface area contributed by atoms with Crippen LogP contribution in [0.25, 0.3) is 0 Å². The number of H-pyrrole nitrogens is 2. The number of unbranched alkanes of at least 4 members (excludes halogenated alkanes) is 1. The molecule has 1 aromatic heterocycles. The number of nitrogens with one attached hydrogen (secondary N) is 2. The predicted molar refractivity (Wildman–Crippen MR) is 60.5 cm³/mol. The summed E-state index contributed by atoms with van der Waals surface area (Å²) in [6, 6.07) is 0. The van der Waals surface area contributed by atoms with Gasteiger partial charge >= 0.3 is 11.7 Å². The van der Waals surface area contributed by atoms with Crippen molar-refractivity contribution in [2.45, 2.75) is 26.2 Å². The van der Waals surface area contributed by atoms with Crippen LogP contribution in [0.2, 0.25) is 0 Å². The average molecular weight is 249 g/mol. The van der Waals surface area contributed by atoms with Crippen molar-refractivity contribution in [1.82, 2.24) is 9.97 Å². The van der Waals surface area contributed by atoms with Crippen LogP contribution < -0.4 is 11.2 Å². The van der Waals surface area contributed by atoms with Gasteiger partial charge in [0.1, 0.15) is 5.69 Å². The normalized spacial score (nSPS) is 9.56. The zero-order valence-electron chi connectivity index (χ0n) is 8.70. The SMILES string of the molecule is CCCCc1c(C(=O)O)[nH]c(=O)[nH]c1=O.Cl. The van der Waals surface area contributed by atoms with E-state index in [1.807, 2.05) is 11.9 Å². The molecule has 0 saturated carbocycles. The molecule has 0 bridgehead atoms. The fraction of sp³-hybridized carbons (Fsp3) is 0.444. The van der Waals surface area contributed by atoms with Gasteiger partial charge in [-0.15, -0.1) is 12.4 Å². The van der Waals surface area contributed by atoms with E-state index in [0.29, 0.717) is 12.8 Å². The molecule has 7 heteroatoms. The maximum atomic E-state index is 11.3. The van der Waals surface area contributed by atoms with Gasteiger partial charge < -0.3 is 10.1 Å². The van der Waals surface area contributed by atoms with Gasteiger partial charge in [-0.25, -0.2) is 9.59 Å². The largest absolute Gasteiger partial charge is 0.477 e. The van der Waals surface area contributed by atoms with Crippen molar-refractivity contribution in [2.75, 3.05) is 0 Å². The van der Waals surface area contributed by atoms with Gasteiger partial charge in [-0.1, -0.05) is 13.3 Å². The average Bonchev–Trinajstić information content (AvgIpc) is 2.15. The van der Waals surface area contributed by atoms with Crippen LogP contribution in [0.3, 0.4) is 0 Å². The molecule has 0 aliphatic heterocycles. The Labute approximate surface area is 97.1 Å². The highest BCUT2D eigenvalue weighted by Gasteiger charge is 2.14. The van der Waals surface area contributed by atoms with E-state index in [4.69, 9.17) is 5.11 Å². The Morgan fingerprint density at radius 3 is 2.44 bits per heavy atom. The number of aromatic nitrogens is 2. The summed E-state index contributed by atoms with van der Waals surface area (Å²) in [5.74, 6) is -1.29. The molecule has 1 heterocycles.